The third-order valence-corrected chi connectivity index (χ3v) is 4.72. The summed E-state index contributed by atoms with van der Waals surface area (Å²) >= 11 is 0. The van der Waals surface area contributed by atoms with Crippen LogP contribution in [0.1, 0.15) is 78.1 Å². The minimum absolute atomic E-state index is 0.0713. The van der Waals surface area contributed by atoms with Crippen molar-refractivity contribution in [3.63, 3.8) is 0 Å². The van der Waals surface area contributed by atoms with E-state index in [1.54, 1.807) is 0 Å². The first kappa shape index (κ1) is 14.8. The summed E-state index contributed by atoms with van der Waals surface area (Å²) in [6.07, 6.45) is 12.6. The normalized spacial score (nSPS) is 30.4. The lowest BCUT2D eigenvalue weighted by atomic mass is 9.95. The van der Waals surface area contributed by atoms with Gasteiger partial charge in [-0.15, -0.1) is 0 Å². The van der Waals surface area contributed by atoms with E-state index in [0.29, 0.717) is 18.1 Å². The molecule has 2 fully saturated rings. The lowest BCUT2D eigenvalue weighted by Gasteiger charge is -2.34. The summed E-state index contributed by atoms with van der Waals surface area (Å²) < 4.78 is 0. The minimum atomic E-state index is 0.0713. The van der Waals surface area contributed by atoms with E-state index >= 15 is 0 Å². The third kappa shape index (κ3) is 3.50. The highest BCUT2D eigenvalue weighted by atomic mass is 16.2. The van der Waals surface area contributed by atoms with Gasteiger partial charge < -0.3 is 4.90 Å². The number of amides is 1. The molecule has 0 aromatic rings. The summed E-state index contributed by atoms with van der Waals surface area (Å²) in [5, 5.41) is 3.55. The fourth-order valence-corrected chi connectivity index (χ4v) is 3.65. The summed E-state index contributed by atoms with van der Waals surface area (Å²) in [4.78, 5) is 14.8. The SMILES string of the molecule is CCCC1NC(CC)C(=O)N1C1CCCCCCC1. The van der Waals surface area contributed by atoms with Crippen molar-refractivity contribution in [2.45, 2.75) is 96.3 Å². The molecule has 0 aromatic heterocycles. The maximum atomic E-state index is 12.6. The smallest absolute Gasteiger partial charge is 0.241 e. The van der Waals surface area contributed by atoms with E-state index in [0.717, 1.165) is 19.3 Å². The fraction of sp³-hybridized carbons (Fsp3) is 0.938. The molecule has 1 aliphatic carbocycles. The van der Waals surface area contributed by atoms with Gasteiger partial charge in [-0.2, -0.15) is 0 Å². The molecule has 2 aliphatic rings. The van der Waals surface area contributed by atoms with Gasteiger partial charge in [-0.3, -0.25) is 10.1 Å². The molecule has 1 saturated heterocycles. The van der Waals surface area contributed by atoms with Crippen molar-refractivity contribution < 1.29 is 4.79 Å². The van der Waals surface area contributed by atoms with Crippen LogP contribution in [0.5, 0.6) is 0 Å². The molecule has 1 N–H and O–H groups in total. The topological polar surface area (TPSA) is 32.3 Å². The highest BCUT2D eigenvalue weighted by Gasteiger charge is 2.40. The van der Waals surface area contributed by atoms with Crippen molar-refractivity contribution in [2.24, 2.45) is 0 Å². The number of hydrogen-bond donors (Lipinski definition) is 1. The average molecular weight is 266 g/mol. The van der Waals surface area contributed by atoms with Gasteiger partial charge in [-0.25, -0.2) is 0 Å². The maximum absolute atomic E-state index is 12.6. The van der Waals surface area contributed by atoms with Crippen LogP contribution in [0.25, 0.3) is 0 Å². The summed E-state index contributed by atoms with van der Waals surface area (Å²) in [5.74, 6) is 0.367. The van der Waals surface area contributed by atoms with Crippen LogP contribution >= 0.6 is 0 Å². The van der Waals surface area contributed by atoms with Gasteiger partial charge in [0, 0.05) is 6.04 Å². The Hall–Kier alpha value is -0.570. The van der Waals surface area contributed by atoms with Crippen LogP contribution in [-0.2, 0) is 4.79 Å². The molecule has 1 saturated carbocycles. The van der Waals surface area contributed by atoms with E-state index < -0.39 is 0 Å². The summed E-state index contributed by atoms with van der Waals surface area (Å²) in [7, 11) is 0. The van der Waals surface area contributed by atoms with Crippen LogP contribution in [-0.4, -0.2) is 29.1 Å². The van der Waals surface area contributed by atoms with E-state index in [1.165, 1.54) is 44.9 Å². The molecule has 2 rings (SSSR count). The molecule has 3 heteroatoms. The van der Waals surface area contributed by atoms with Gasteiger partial charge in [0.2, 0.25) is 5.91 Å². The van der Waals surface area contributed by atoms with Gasteiger partial charge in [-0.05, 0) is 25.7 Å². The van der Waals surface area contributed by atoms with E-state index in [1.807, 2.05) is 0 Å². The monoisotopic (exact) mass is 266 g/mol. The van der Waals surface area contributed by atoms with Crippen LogP contribution in [0, 0.1) is 0 Å². The fourth-order valence-electron chi connectivity index (χ4n) is 3.65. The molecule has 2 unspecified atom stereocenters. The highest BCUT2D eigenvalue weighted by molar-refractivity contribution is 5.84. The molecule has 3 nitrogen and oxygen atoms in total. The molecule has 0 spiro atoms. The molecular weight excluding hydrogens is 236 g/mol. The van der Waals surface area contributed by atoms with Crippen LogP contribution in [0.3, 0.4) is 0 Å². The number of nitrogens with zero attached hydrogens (tertiary/aromatic N) is 1. The molecule has 2 atom stereocenters. The van der Waals surface area contributed by atoms with Gasteiger partial charge in [0.1, 0.15) is 0 Å². The first-order chi connectivity index (χ1) is 9.27. The Labute approximate surface area is 118 Å². The lowest BCUT2D eigenvalue weighted by molar-refractivity contribution is -0.132. The Balaban J connectivity index is 2.06. The Morgan fingerprint density at radius 2 is 1.74 bits per heavy atom. The largest absolute Gasteiger partial charge is 0.323 e. The van der Waals surface area contributed by atoms with Crippen molar-refractivity contribution in [1.29, 1.82) is 0 Å². The van der Waals surface area contributed by atoms with Crippen molar-refractivity contribution in [1.82, 2.24) is 10.2 Å². The Morgan fingerprint density at radius 1 is 1.11 bits per heavy atom. The van der Waals surface area contributed by atoms with Crippen LogP contribution in [0.2, 0.25) is 0 Å². The van der Waals surface area contributed by atoms with Crippen molar-refractivity contribution >= 4 is 5.91 Å². The maximum Gasteiger partial charge on any atom is 0.241 e. The molecule has 1 heterocycles. The summed E-state index contributed by atoms with van der Waals surface area (Å²) in [5.41, 5.74) is 0. The Kier molecular flexibility index (Phi) is 5.68. The van der Waals surface area contributed by atoms with Crippen molar-refractivity contribution in [3.8, 4) is 0 Å². The van der Waals surface area contributed by atoms with E-state index in [-0.39, 0.29) is 6.04 Å². The van der Waals surface area contributed by atoms with Crippen molar-refractivity contribution in [2.75, 3.05) is 0 Å². The van der Waals surface area contributed by atoms with Gasteiger partial charge in [-0.1, -0.05) is 52.4 Å². The Morgan fingerprint density at radius 3 is 2.32 bits per heavy atom. The average Bonchev–Trinajstić information content (AvgIpc) is 2.67. The van der Waals surface area contributed by atoms with Gasteiger partial charge in [0.25, 0.3) is 0 Å². The second-order valence-electron chi connectivity index (χ2n) is 6.18. The second kappa shape index (κ2) is 7.28. The first-order valence-corrected chi connectivity index (χ1v) is 8.36. The zero-order valence-electron chi connectivity index (χ0n) is 12.7. The molecule has 0 bridgehead atoms. The minimum Gasteiger partial charge on any atom is -0.323 e. The van der Waals surface area contributed by atoms with Gasteiger partial charge in [0.15, 0.2) is 0 Å². The Bertz CT molecular complexity index is 284. The van der Waals surface area contributed by atoms with Crippen LogP contribution in [0.15, 0.2) is 0 Å². The molecule has 19 heavy (non-hydrogen) atoms. The van der Waals surface area contributed by atoms with Crippen molar-refractivity contribution in [3.05, 3.63) is 0 Å². The highest BCUT2D eigenvalue weighted by Crippen LogP contribution is 2.27. The zero-order chi connectivity index (χ0) is 13.7. The first-order valence-electron chi connectivity index (χ1n) is 8.36. The standard InChI is InChI=1S/C16H30N2O/c1-3-10-15-17-14(4-2)16(19)18(15)13-11-8-6-5-7-9-12-13/h13-15,17H,3-12H2,1-2H3. The molecule has 110 valence electrons. The summed E-state index contributed by atoms with van der Waals surface area (Å²) in [6.45, 7) is 4.32. The number of nitrogens with one attached hydrogen (secondary N) is 1. The molecule has 0 aromatic carbocycles. The second-order valence-corrected chi connectivity index (χ2v) is 6.18. The van der Waals surface area contributed by atoms with Crippen LogP contribution in [0.4, 0.5) is 0 Å². The molecule has 0 radical (unpaired) electrons. The zero-order valence-corrected chi connectivity index (χ0v) is 12.7. The number of rotatable bonds is 4. The molecule has 1 amide bonds. The summed E-state index contributed by atoms with van der Waals surface area (Å²) in [6, 6.07) is 0.565. The predicted octanol–water partition coefficient (Wildman–Crippen LogP) is 3.44. The number of carbonyl (C=O) groups is 1. The molecule has 1 aliphatic heterocycles. The lowest BCUT2D eigenvalue weighted by Crippen LogP contribution is -2.44. The number of hydrogen-bond acceptors (Lipinski definition) is 2. The predicted molar refractivity (Wildman–Crippen MR) is 78.9 cm³/mol. The van der Waals surface area contributed by atoms with Gasteiger partial charge in [0.05, 0.1) is 12.2 Å². The van der Waals surface area contributed by atoms with Crippen LogP contribution < -0.4 is 5.32 Å². The quantitative estimate of drug-likeness (QED) is 0.845. The molecular formula is C16H30N2O. The third-order valence-electron chi connectivity index (χ3n) is 4.72. The van der Waals surface area contributed by atoms with E-state index in [2.05, 4.69) is 24.1 Å². The van der Waals surface area contributed by atoms with Gasteiger partial charge >= 0.3 is 0 Å². The van der Waals surface area contributed by atoms with E-state index in [9.17, 15) is 4.79 Å². The van der Waals surface area contributed by atoms with E-state index in [4.69, 9.17) is 0 Å². The number of carbonyl (C=O) groups excluding carboxylic acids is 1.